The van der Waals surface area contributed by atoms with Crippen LogP contribution in [-0.2, 0) is 13.1 Å². The number of rotatable bonds is 6. The van der Waals surface area contributed by atoms with Crippen molar-refractivity contribution in [3.8, 4) is 0 Å². The number of halogens is 1. The van der Waals surface area contributed by atoms with Gasteiger partial charge in [-0.15, -0.1) is 0 Å². The molecule has 2 aromatic rings. The Morgan fingerprint density at radius 2 is 2.20 bits per heavy atom. The van der Waals surface area contributed by atoms with E-state index >= 15 is 0 Å². The number of hydrogen-bond acceptors (Lipinski definition) is 3. The van der Waals surface area contributed by atoms with Crippen LogP contribution in [0.5, 0.6) is 0 Å². The molecule has 0 saturated carbocycles. The molecule has 1 heterocycles. The van der Waals surface area contributed by atoms with E-state index in [-0.39, 0.29) is 10.6 Å². The van der Waals surface area contributed by atoms with Crippen molar-refractivity contribution in [3.05, 3.63) is 62.9 Å². The van der Waals surface area contributed by atoms with Crippen LogP contribution < -0.4 is 5.32 Å². The zero-order chi connectivity index (χ0) is 14.5. The van der Waals surface area contributed by atoms with Gasteiger partial charge in [0, 0.05) is 30.0 Å². The van der Waals surface area contributed by atoms with Gasteiger partial charge in [0.05, 0.1) is 17.0 Å². The monoisotopic (exact) mass is 293 g/mol. The van der Waals surface area contributed by atoms with Gasteiger partial charge in [-0.2, -0.15) is 0 Å². The van der Waals surface area contributed by atoms with Crippen molar-refractivity contribution in [1.82, 2.24) is 9.88 Å². The topological polar surface area (TPSA) is 60.1 Å². The van der Waals surface area contributed by atoms with Crippen molar-refractivity contribution in [2.24, 2.45) is 0 Å². The first-order valence-corrected chi connectivity index (χ1v) is 6.76. The summed E-state index contributed by atoms with van der Waals surface area (Å²) in [5.74, 6) is 0. The van der Waals surface area contributed by atoms with Gasteiger partial charge >= 0.3 is 0 Å². The smallest absolute Gasteiger partial charge is 0.274 e. The van der Waals surface area contributed by atoms with E-state index in [4.69, 9.17) is 11.6 Å². The van der Waals surface area contributed by atoms with Gasteiger partial charge in [-0.3, -0.25) is 10.1 Å². The highest BCUT2D eigenvalue weighted by Crippen LogP contribution is 2.23. The van der Waals surface area contributed by atoms with Crippen molar-refractivity contribution in [1.29, 1.82) is 0 Å². The number of aromatic nitrogens is 1. The molecule has 0 saturated heterocycles. The Bertz CT molecular complexity index is 610. The lowest BCUT2D eigenvalue weighted by Crippen LogP contribution is -2.11. The summed E-state index contributed by atoms with van der Waals surface area (Å²) in [6.07, 6.45) is 3.89. The van der Waals surface area contributed by atoms with E-state index in [2.05, 4.69) is 5.32 Å². The third-order valence-corrected chi connectivity index (χ3v) is 3.22. The van der Waals surface area contributed by atoms with E-state index in [0.717, 1.165) is 18.7 Å². The molecule has 0 aliphatic heterocycles. The van der Waals surface area contributed by atoms with E-state index in [1.165, 1.54) is 12.1 Å². The number of nitro groups is 1. The molecule has 1 N–H and O–H groups in total. The first-order chi connectivity index (χ1) is 9.60. The van der Waals surface area contributed by atoms with Crippen LogP contribution >= 0.6 is 11.6 Å². The Labute approximate surface area is 122 Å². The van der Waals surface area contributed by atoms with Crippen molar-refractivity contribution >= 4 is 17.3 Å². The minimum absolute atomic E-state index is 0.0938. The highest BCUT2D eigenvalue weighted by Gasteiger charge is 2.14. The molecule has 6 heteroatoms. The fraction of sp³-hybridized carbons (Fsp3) is 0.286. The highest BCUT2D eigenvalue weighted by molar-refractivity contribution is 6.30. The van der Waals surface area contributed by atoms with E-state index in [0.29, 0.717) is 17.1 Å². The van der Waals surface area contributed by atoms with Crippen LogP contribution in [0.25, 0.3) is 0 Å². The molecule has 1 aromatic heterocycles. The SMILES string of the molecule is CCNCc1ccn(Cc2cc(Cl)ccc2[N+](=O)[O-])c1. The molecule has 0 amide bonds. The third kappa shape index (κ3) is 3.59. The van der Waals surface area contributed by atoms with E-state index in [1.54, 1.807) is 6.07 Å². The number of nitrogens with zero attached hydrogens (tertiary/aromatic N) is 2. The van der Waals surface area contributed by atoms with Crippen LogP contribution in [0.1, 0.15) is 18.1 Å². The molecule has 2 rings (SSSR count). The number of benzene rings is 1. The maximum atomic E-state index is 11.0. The van der Waals surface area contributed by atoms with Gasteiger partial charge in [-0.05, 0) is 30.3 Å². The summed E-state index contributed by atoms with van der Waals surface area (Å²) < 4.78 is 1.92. The Kier molecular flexibility index (Phi) is 4.76. The molecule has 5 nitrogen and oxygen atoms in total. The molecular formula is C14H16ClN3O2. The molecule has 0 spiro atoms. The molecule has 0 atom stereocenters. The maximum Gasteiger partial charge on any atom is 0.274 e. The molecule has 0 aliphatic rings. The molecule has 0 fully saturated rings. The molecule has 20 heavy (non-hydrogen) atoms. The maximum absolute atomic E-state index is 11.0. The Morgan fingerprint density at radius 1 is 1.40 bits per heavy atom. The van der Waals surface area contributed by atoms with Gasteiger partial charge in [-0.25, -0.2) is 0 Å². The minimum atomic E-state index is -0.380. The average molecular weight is 294 g/mol. The average Bonchev–Trinajstić information content (AvgIpc) is 2.83. The summed E-state index contributed by atoms with van der Waals surface area (Å²) in [6.45, 7) is 4.18. The van der Waals surface area contributed by atoms with Crippen molar-refractivity contribution in [2.45, 2.75) is 20.0 Å². The Morgan fingerprint density at radius 3 is 2.90 bits per heavy atom. The summed E-state index contributed by atoms with van der Waals surface area (Å²) >= 11 is 5.92. The number of nitro benzene ring substituents is 1. The standard InChI is InChI=1S/C14H16ClN3O2/c1-2-16-8-11-5-6-17(9-11)10-12-7-13(15)3-4-14(12)18(19)20/h3-7,9,16H,2,8,10H2,1H3. The van der Waals surface area contributed by atoms with Gasteiger partial charge in [0.1, 0.15) is 0 Å². The second-order valence-electron chi connectivity index (χ2n) is 4.50. The van der Waals surface area contributed by atoms with Gasteiger partial charge in [0.15, 0.2) is 0 Å². The molecule has 0 bridgehead atoms. The van der Waals surface area contributed by atoms with E-state index in [9.17, 15) is 10.1 Å². The van der Waals surface area contributed by atoms with Crippen LogP contribution in [-0.4, -0.2) is 16.0 Å². The van der Waals surface area contributed by atoms with Crippen molar-refractivity contribution in [2.75, 3.05) is 6.54 Å². The van der Waals surface area contributed by atoms with Crippen LogP contribution in [0.4, 0.5) is 5.69 Å². The van der Waals surface area contributed by atoms with E-state index < -0.39 is 0 Å². The Hall–Kier alpha value is -1.85. The second-order valence-corrected chi connectivity index (χ2v) is 4.94. The summed E-state index contributed by atoms with van der Waals surface area (Å²) in [7, 11) is 0. The fourth-order valence-electron chi connectivity index (χ4n) is 2.02. The summed E-state index contributed by atoms with van der Waals surface area (Å²) in [5, 5.41) is 14.8. The molecule has 0 aliphatic carbocycles. The summed E-state index contributed by atoms with van der Waals surface area (Å²) in [5.41, 5.74) is 1.85. The van der Waals surface area contributed by atoms with Crippen LogP contribution in [0.3, 0.4) is 0 Å². The van der Waals surface area contributed by atoms with Gasteiger partial charge in [-0.1, -0.05) is 18.5 Å². The highest BCUT2D eigenvalue weighted by atomic mass is 35.5. The van der Waals surface area contributed by atoms with Crippen LogP contribution in [0, 0.1) is 10.1 Å². The normalized spacial score (nSPS) is 10.7. The zero-order valence-corrected chi connectivity index (χ0v) is 11.9. The molecule has 106 valence electrons. The molecule has 1 aromatic carbocycles. The van der Waals surface area contributed by atoms with Gasteiger partial charge in [0.2, 0.25) is 0 Å². The zero-order valence-electron chi connectivity index (χ0n) is 11.2. The lowest BCUT2D eigenvalue weighted by Gasteiger charge is -2.05. The quantitative estimate of drug-likeness (QED) is 0.657. The summed E-state index contributed by atoms with van der Waals surface area (Å²) in [4.78, 5) is 10.6. The first-order valence-electron chi connectivity index (χ1n) is 6.38. The number of nitrogens with one attached hydrogen (secondary N) is 1. The predicted molar refractivity (Wildman–Crippen MR) is 79.0 cm³/mol. The van der Waals surface area contributed by atoms with Crippen LogP contribution in [0.15, 0.2) is 36.7 Å². The van der Waals surface area contributed by atoms with Gasteiger partial charge in [0.25, 0.3) is 5.69 Å². The second kappa shape index (κ2) is 6.54. The first kappa shape index (κ1) is 14.6. The molecule has 0 radical (unpaired) electrons. The largest absolute Gasteiger partial charge is 0.349 e. The van der Waals surface area contributed by atoms with E-state index in [1.807, 2.05) is 30.0 Å². The Balaban J connectivity index is 2.19. The van der Waals surface area contributed by atoms with Gasteiger partial charge < -0.3 is 9.88 Å². The summed E-state index contributed by atoms with van der Waals surface area (Å²) in [6, 6.07) is 6.62. The van der Waals surface area contributed by atoms with Crippen molar-refractivity contribution < 1.29 is 4.92 Å². The lowest BCUT2D eigenvalue weighted by molar-refractivity contribution is -0.385. The van der Waals surface area contributed by atoms with Crippen LogP contribution in [0.2, 0.25) is 5.02 Å². The van der Waals surface area contributed by atoms with Crippen molar-refractivity contribution in [3.63, 3.8) is 0 Å². The minimum Gasteiger partial charge on any atom is -0.349 e. The molecular weight excluding hydrogens is 278 g/mol. The molecule has 0 unspecified atom stereocenters. The number of hydrogen-bond donors (Lipinski definition) is 1. The fourth-order valence-corrected chi connectivity index (χ4v) is 2.21. The third-order valence-electron chi connectivity index (χ3n) is 2.98. The lowest BCUT2D eigenvalue weighted by atomic mass is 10.2. The predicted octanol–water partition coefficient (Wildman–Crippen LogP) is 3.21.